The first-order valence-electron chi connectivity index (χ1n) is 6.57. The summed E-state index contributed by atoms with van der Waals surface area (Å²) < 4.78 is 25.7. The second-order valence-corrected chi connectivity index (χ2v) is 7.44. The van der Waals surface area contributed by atoms with Gasteiger partial charge in [-0.2, -0.15) is 12.2 Å². The molecule has 0 fully saturated rings. The predicted octanol–water partition coefficient (Wildman–Crippen LogP) is 3.86. The van der Waals surface area contributed by atoms with E-state index in [1.54, 1.807) is 24.3 Å². The van der Waals surface area contributed by atoms with E-state index >= 15 is 0 Å². The second kappa shape index (κ2) is 6.03. The second-order valence-electron chi connectivity index (χ2n) is 5.11. The van der Waals surface area contributed by atoms with Gasteiger partial charge in [0.2, 0.25) is 0 Å². The van der Waals surface area contributed by atoms with Gasteiger partial charge in [-0.3, -0.25) is 0 Å². The van der Waals surface area contributed by atoms with Crippen molar-refractivity contribution >= 4 is 27.6 Å². The van der Waals surface area contributed by atoms with Crippen LogP contribution in [0, 0.1) is 6.92 Å². The maximum Gasteiger partial charge on any atom is 0.279 e. The molecular weight excluding hydrogens is 308 g/mol. The lowest BCUT2D eigenvalue weighted by molar-refractivity contribution is 0.597. The van der Waals surface area contributed by atoms with E-state index in [0.29, 0.717) is 3.82 Å². The van der Waals surface area contributed by atoms with Crippen LogP contribution in [0.1, 0.15) is 31.0 Å². The molecule has 0 aliphatic heterocycles. The van der Waals surface area contributed by atoms with Crippen molar-refractivity contribution in [2.75, 3.05) is 3.82 Å². The SMILES string of the molecule is Cc1cccc(S(=O)(=O)N(Cl)c2cccc(C(C)C)n2)c1. The highest BCUT2D eigenvalue weighted by atomic mass is 35.5. The van der Waals surface area contributed by atoms with Crippen molar-refractivity contribution in [1.29, 1.82) is 0 Å². The van der Waals surface area contributed by atoms with Crippen molar-refractivity contribution in [3.05, 3.63) is 53.7 Å². The van der Waals surface area contributed by atoms with E-state index in [9.17, 15) is 8.42 Å². The molecule has 112 valence electrons. The number of aromatic nitrogens is 1. The van der Waals surface area contributed by atoms with E-state index in [4.69, 9.17) is 11.8 Å². The van der Waals surface area contributed by atoms with Gasteiger partial charge in [-0.1, -0.05) is 32.0 Å². The molecule has 4 nitrogen and oxygen atoms in total. The number of pyridine rings is 1. The average molecular weight is 325 g/mol. The van der Waals surface area contributed by atoms with Crippen molar-refractivity contribution in [3.63, 3.8) is 0 Å². The van der Waals surface area contributed by atoms with Crippen LogP contribution in [0.15, 0.2) is 47.4 Å². The zero-order chi connectivity index (χ0) is 15.6. The minimum Gasteiger partial charge on any atom is -0.233 e. The molecule has 2 aromatic rings. The molecule has 0 saturated carbocycles. The summed E-state index contributed by atoms with van der Waals surface area (Å²) in [6, 6.07) is 11.8. The third-order valence-electron chi connectivity index (χ3n) is 3.03. The number of sulfonamides is 1. The molecule has 0 unspecified atom stereocenters. The highest BCUT2D eigenvalue weighted by Crippen LogP contribution is 2.26. The van der Waals surface area contributed by atoms with E-state index in [0.717, 1.165) is 11.3 Å². The molecule has 0 spiro atoms. The molecule has 0 saturated heterocycles. The Bertz CT molecular complexity index is 745. The predicted molar refractivity (Wildman–Crippen MR) is 85.0 cm³/mol. The zero-order valence-corrected chi connectivity index (χ0v) is 13.7. The van der Waals surface area contributed by atoms with Gasteiger partial charge in [-0.05, 0) is 42.7 Å². The monoisotopic (exact) mass is 324 g/mol. The van der Waals surface area contributed by atoms with Crippen LogP contribution in [0.2, 0.25) is 0 Å². The molecule has 6 heteroatoms. The van der Waals surface area contributed by atoms with Gasteiger partial charge in [0, 0.05) is 17.5 Å². The van der Waals surface area contributed by atoms with Gasteiger partial charge in [0.05, 0.1) is 4.90 Å². The molecule has 1 aromatic carbocycles. The number of aryl methyl sites for hydroxylation is 1. The van der Waals surface area contributed by atoms with Crippen LogP contribution in [0.3, 0.4) is 0 Å². The molecule has 21 heavy (non-hydrogen) atoms. The van der Waals surface area contributed by atoms with Crippen LogP contribution in [-0.4, -0.2) is 13.4 Å². The highest BCUT2D eigenvalue weighted by molar-refractivity contribution is 7.94. The molecule has 0 atom stereocenters. The molecule has 0 radical (unpaired) electrons. The summed E-state index contributed by atoms with van der Waals surface area (Å²) in [4.78, 5) is 4.45. The van der Waals surface area contributed by atoms with Gasteiger partial charge < -0.3 is 0 Å². The van der Waals surface area contributed by atoms with E-state index in [-0.39, 0.29) is 16.6 Å². The molecule has 0 amide bonds. The lowest BCUT2D eigenvalue weighted by Crippen LogP contribution is -2.22. The molecule has 0 bridgehead atoms. The Morgan fingerprint density at radius 1 is 1.14 bits per heavy atom. The Labute approximate surface area is 130 Å². The number of benzene rings is 1. The van der Waals surface area contributed by atoms with Gasteiger partial charge >= 0.3 is 0 Å². The lowest BCUT2D eigenvalue weighted by atomic mass is 10.1. The maximum absolute atomic E-state index is 12.5. The van der Waals surface area contributed by atoms with E-state index < -0.39 is 10.0 Å². The van der Waals surface area contributed by atoms with E-state index in [1.807, 2.05) is 32.9 Å². The normalized spacial score (nSPS) is 11.7. The van der Waals surface area contributed by atoms with Crippen molar-refractivity contribution in [2.24, 2.45) is 0 Å². The zero-order valence-electron chi connectivity index (χ0n) is 12.1. The highest BCUT2D eigenvalue weighted by Gasteiger charge is 2.25. The third-order valence-corrected chi connectivity index (χ3v) is 5.20. The first kappa shape index (κ1) is 15.8. The average Bonchev–Trinajstić information content (AvgIpc) is 2.46. The smallest absolute Gasteiger partial charge is 0.233 e. The molecular formula is C15H17ClN2O2S. The number of anilines is 1. The number of hydrogen-bond donors (Lipinski definition) is 0. The van der Waals surface area contributed by atoms with E-state index in [1.165, 1.54) is 6.07 Å². The Balaban J connectivity index is 2.43. The molecule has 2 rings (SSSR count). The van der Waals surface area contributed by atoms with Gasteiger partial charge in [0.1, 0.15) is 0 Å². The fraction of sp³-hybridized carbons (Fsp3) is 0.267. The summed E-state index contributed by atoms with van der Waals surface area (Å²) in [6.07, 6.45) is 0. The Morgan fingerprint density at radius 3 is 2.43 bits per heavy atom. The quantitative estimate of drug-likeness (QED) is 0.802. The van der Waals surface area contributed by atoms with Crippen LogP contribution >= 0.6 is 11.8 Å². The van der Waals surface area contributed by atoms with Crippen molar-refractivity contribution in [1.82, 2.24) is 4.98 Å². The van der Waals surface area contributed by atoms with Crippen LogP contribution in [0.5, 0.6) is 0 Å². The number of rotatable bonds is 4. The summed E-state index contributed by atoms with van der Waals surface area (Å²) in [6.45, 7) is 5.80. The lowest BCUT2D eigenvalue weighted by Gasteiger charge is -2.16. The molecule has 0 aliphatic rings. The van der Waals surface area contributed by atoms with Crippen LogP contribution in [0.25, 0.3) is 0 Å². The maximum atomic E-state index is 12.5. The molecule has 1 aromatic heterocycles. The summed E-state index contributed by atoms with van der Waals surface area (Å²) in [7, 11) is -3.82. The number of nitrogens with zero attached hydrogens (tertiary/aromatic N) is 2. The molecule has 0 N–H and O–H groups in total. The van der Waals surface area contributed by atoms with Gasteiger partial charge in [-0.25, -0.2) is 4.98 Å². The van der Waals surface area contributed by atoms with Gasteiger partial charge in [0.15, 0.2) is 5.82 Å². The van der Waals surface area contributed by atoms with Crippen molar-refractivity contribution in [3.8, 4) is 0 Å². The first-order chi connectivity index (χ1) is 9.82. The fourth-order valence-corrected chi connectivity index (χ4v) is 3.30. The fourth-order valence-electron chi connectivity index (χ4n) is 1.85. The summed E-state index contributed by atoms with van der Waals surface area (Å²) in [5, 5.41) is 0. The first-order valence-corrected chi connectivity index (χ1v) is 8.35. The third kappa shape index (κ3) is 3.36. The Kier molecular flexibility index (Phi) is 4.54. The summed E-state index contributed by atoms with van der Waals surface area (Å²) in [5.74, 6) is 0.390. The Morgan fingerprint density at radius 2 is 1.81 bits per heavy atom. The van der Waals surface area contributed by atoms with Crippen LogP contribution in [-0.2, 0) is 10.0 Å². The molecule has 0 aliphatic carbocycles. The van der Waals surface area contributed by atoms with Crippen LogP contribution in [0.4, 0.5) is 5.82 Å². The topological polar surface area (TPSA) is 50.3 Å². The van der Waals surface area contributed by atoms with Gasteiger partial charge in [0.25, 0.3) is 10.0 Å². The number of hydrogen-bond acceptors (Lipinski definition) is 3. The van der Waals surface area contributed by atoms with Crippen molar-refractivity contribution < 1.29 is 8.42 Å². The summed E-state index contributed by atoms with van der Waals surface area (Å²) in [5.41, 5.74) is 1.64. The van der Waals surface area contributed by atoms with Gasteiger partial charge in [-0.15, -0.1) is 0 Å². The van der Waals surface area contributed by atoms with Crippen LogP contribution < -0.4 is 3.82 Å². The minimum absolute atomic E-state index is 0.147. The minimum atomic E-state index is -3.82. The largest absolute Gasteiger partial charge is 0.279 e. The van der Waals surface area contributed by atoms with E-state index in [2.05, 4.69) is 4.98 Å². The summed E-state index contributed by atoms with van der Waals surface area (Å²) >= 11 is 6.04. The standard InChI is InChI=1S/C15H17ClN2O2S/c1-11(2)14-8-5-9-15(17-14)18(16)21(19,20)13-7-4-6-12(3)10-13/h4-11H,1-3H3. The molecule has 1 heterocycles. The number of halogens is 1. The van der Waals surface area contributed by atoms with Crippen molar-refractivity contribution in [2.45, 2.75) is 31.6 Å². The Hall–Kier alpha value is -1.59.